The number of aliphatic hydroxyl groups excluding tert-OH is 1. The van der Waals surface area contributed by atoms with Gasteiger partial charge in [0.1, 0.15) is 6.73 Å². The monoisotopic (exact) mass is 143 g/mol. The molecule has 0 saturated heterocycles. The first-order valence-electron chi connectivity index (χ1n) is 1.94. The predicted octanol–water partition coefficient (Wildman–Crippen LogP) is -0.385. The Morgan fingerprint density at radius 1 is 1.56 bits per heavy atom. The van der Waals surface area contributed by atoms with Crippen LogP contribution in [0.2, 0.25) is 0 Å². The molecular weight excluding hydrogens is 139 g/mol. The Balaban J connectivity index is 3.74. The van der Waals surface area contributed by atoms with Gasteiger partial charge < -0.3 is 10.4 Å². The fourth-order valence-corrected chi connectivity index (χ4v) is 0.172. The van der Waals surface area contributed by atoms with E-state index in [1.807, 2.05) is 0 Å². The Kier molecular flexibility index (Phi) is 2.44. The van der Waals surface area contributed by atoms with Gasteiger partial charge in [0.05, 0.1) is 0 Å². The zero-order chi connectivity index (χ0) is 7.49. The number of carbonyl (C=O) groups excluding carboxylic acids is 1. The number of halogens is 3. The lowest BCUT2D eigenvalue weighted by Gasteiger charge is -2.03. The van der Waals surface area contributed by atoms with E-state index in [-0.39, 0.29) is 0 Å². The number of aliphatic hydroxyl groups is 1. The number of hydrogen-bond donors (Lipinski definition) is 2. The van der Waals surface area contributed by atoms with Gasteiger partial charge in [-0.2, -0.15) is 13.2 Å². The van der Waals surface area contributed by atoms with Crippen LogP contribution in [0.3, 0.4) is 0 Å². The van der Waals surface area contributed by atoms with E-state index in [1.165, 1.54) is 5.32 Å². The van der Waals surface area contributed by atoms with Gasteiger partial charge in [-0.3, -0.25) is 4.79 Å². The van der Waals surface area contributed by atoms with Crippen molar-refractivity contribution in [2.45, 2.75) is 6.18 Å². The van der Waals surface area contributed by atoms with Gasteiger partial charge >= 0.3 is 12.1 Å². The standard InChI is InChI=1S/C3H4F3NO2/c4-3(5,6)2(9)7-1-8/h8H,1H2,(H,7,9). The van der Waals surface area contributed by atoms with Crippen LogP contribution in [0.15, 0.2) is 0 Å². The number of carbonyl (C=O) groups is 1. The molecule has 0 unspecified atom stereocenters. The molecule has 0 saturated carbocycles. The van der Waals surface area contributed by atoms with Crippen molar-refractivity contribution in [2.75, 3.05) is 6.73 Å². The van der Waals surface area contributed by atoms with Crippen molar-refractivity contribution in [3.8, 4) is 0 Å². The van der Waals surface area contributed by atoms with Crippen molar-refractivity contribution in [3.05, 3.63) is 0 Å². The van der Waals surface area contributed by atoms with Gasteiger partial charge in [0.15, 0.2) is 0 Å². The first-order chi connectivity index (χ1) is 3.98. The molecule has 6 heteroatoms. The largest absolute Gasteiger partial charge is 0.471 e. The third-order valence-electron chi connectivity index (χ3n) is 0.497. The summed E-state index contributed by atoms with van der Waals surface area (Å²) in [6.07, 6.45) is -4.90. The number of nitrogens with one attached hydrogen (secondary N) is 1. The highest BCUT2D eigenvalue weighted by Gasteiger charge is 2.38. The molecule has 0 aliphatic carbocycles. The Labute approximate surface area is 48.5 Å². The van der Waals surface area contributed by atoms with E-state index in [4.69, 9.17) is 5.11 Å². The van der Waals surface area contributed by atoms with Crippen LogP contribution in [-0.2, 0) is 4.79 Å². The molecule has 2 N–H and O–H groups in total. The average molecular weight is 143 g/mol. The molecule has 1 amide bonds. The van der Waals surface area contributed by atoms with Gasteiger partial charge in [0.25, 0.3) is 0 Å². The number of rotatable bonds is 1. The molecule has 0 bridgehead atoms. The molecule has 3 nitrogen and oxygen atoms in total. The van der Waals surface area contributed by atoms with E-state index >= 15 is 0 Å². The minimum atomic E-state index is -4.90. The van der Waals surface area contributed by atoms with Crippen molar-refractivity contribution < 1.29 is 23.1 Å². The lowest BCUT2D eigenvalue weighted by molar-refractivity contribution is -0.174. The molecule has 0 fully saturated rings. The lowest BCUT2D eigenvalue weighted by Crippen LogP contribution is -2.37. The Bertz CT molecular complexity index is 110. The van der Waals surface area contributed by atoms with Crippen LogP contribution in [0.5, 0.6) is 0 Å². The van der Waals surface area contributed by atoms with E-state index in [9.17, 15) is 18.0 Å². The minimum absolute atomic E-state index is 1.00. The summed E-state index contributed by atoms with van der Waals surface area (Å²) in [6, 6.07) is 0. The summed E-state index contributed by atoms with van der Waals surface area (Å²) in [5.41, 5.74) is 0. The first kappa shape index (κ1) is 8.22. The minimum Gasteiger partial charge on any atom is -0.376 e. The van der Waals surface area contributed by atoms with Crippen LogP contribution in [0.1, 0.15) is 0 Å². The van der Waals surface area contributed by atoms with Crippen molar-refractivity contribution in [3.63, 3.8) is 0 Å². The molecule has 0 aromatic carbocycles. The molecule has 0 aliphatic rings. The molecular formula is C3H4F3NO2. The fourth-order valence-electron chi connectivity index (χ4n) is 0.172. The Morgan fingerprint density at radius 2 is 2.00 bits per heavy atom. The molecule has 0 aliphatic heterocycles. The number of hydrogen-bond acceptors (Lipinski definition) is 2. The summed E-state index contributed by atoms with van der Waals surface area (Å²) in [7, 11) is 0. The van der Waals surface area contributed by atoms with Crippen LogP contribution in [-0.4, -0.2) is 23.9 Å². The van der Waals surface area contributed by atoms with Crippen molar-refractivity contribution in [1.29, 1.82) is 0 Å². The fraction of sp³-hybridized carbons (Fsp3) is 0.667. The number of amides is 1. The molecule has 0 aromatic heterocycles. The van der Waals surface area contributed by atoms with Crippen LogP contribution >= 0.6 is 0 Å². The quantitative estimate of drug-likeness (QED) is 0.491. The normalized spacial score (nSPS) is 11.1. The van der Waals surface area contributed by atoms with Crippen LogP contribution < -0.4 is 5.32 Å². The maximum Gasteiger partial charge on any atom is 0.471 e. The van der Waals surface area contributed by atoms with Gasteiger partial charge in [0.2, 0.25) is 0 Å². The van der Waals surface area contributed by atoms with Gasteiger partial charge in [0, 0.05) is 0 Å². The molecule has 9 heavy (non-hydrogen) atoms. The Hall–Kier alpha value is -0.780. The smallest absolute Gasteiger partial charge is 0.376 e. The molecule has 0 aromatic rings. The highest BCUT2D eigenvalue weighted by Crippen LogP contribution is 2.13. The topological polar surface area (TPSA) is 49.3 Å². The second-order valence-corrected chi connectivity index (χ2v) is 1.16. The summed E-state index contributed by atoms with van der Waals surface area (Å²) in [5.74, 6) is -2.13. The zero-order valence-electron chi connectivity index (χ0n) is 4.20. The molecule has 0 rings (SSSR count). The predicted molar refractivity (Wildman–Crippen MR) is 21.3 cm³/mol. The summed E-state index contributed by atoms with van der Waals surface area (Å²) >= 11 is 0. The van der Waals surface area contributed by atoms with Crippen molar-refractivity contribution in [1.82, 2.24) is 5.32 Å². The maximum absolute atomic E-state index is 11.1. The molecule has 0 atom stereocenters. The van der Waals surface area contributed by atoms with E-state index < -0.39 is 18.8 Å². The van der Waals surface area contributed by atoms with E-state index in [0.29, 0.717) is 0 Å². The maximum atomic E-state index is 11.1. The second-order valence-electron chi connectivity index (χ2n) is 1.16. The SMILES string of the molecule is O=C(NCO)C(F)(F)F. The van der Waals surface area contributed by atoms with Gasteiger partial charge in [-0.05, 0) is 0 Å². The van der Waals surface area contributed by atoms with E-state index in [2.05, 4.69) is 0 Å². The van der Waals surface area contributed by atoms with Crippen LogP contribution in [0, 0.1) is 0 Å². The third kappa shape index (κ3) is 2.91. The molecule has 0 spiro atoms. The van der Waals surface area contributed by atoms with Gasteiger partial charge in [-0.15, -0.1) is 0 Å². The molecule has 54 valence electrons. The highest BCUT2D eigenvalue weighted by molar-refractivity contribution is 5.81. The van der Waals surface area contributed by atoms with Crippen LogP contribution in [0.25, 0.3) is 0 Å². The van der Waals surface area contributed by atoms with Gasteiger partial charge in [-0.1, -0.05) is 0 Å². The van der Waals surface area contributed by atoms with Crippen molar-refractivity contribution >= 4 is 5.91 Å². The zero-order valence-corrected chi connectivity index (χ0v) is 4.20. The average Bonchev–Trinajstić information content (AvgIpc) is 1.64. The molecule has 0 heterocycles. The number of alkyl halides is 3. The highest BCUT2D eigenvalue weighted by atomic mass is 19.4. The van der Waals surface area contributed by atoms with E-state index in [0.717, 1.165) is 0 Å². The van der Waals surface area contributed by atoms with E-state index in [1.54, 1.807) is 0 Å². The summed E-state index contributed by atoms with van der Waals surface area (Å²) in [4.78, 5) is 9.67. The first-order valence-corrected chi connectivity index (χ1v) is 1.94. The van der Waals surface area contributed by atoms with Gasteiger partial charge in [-0.25, -0.2) is 0 Å². The van der Waals surface area contributed by atoms with Crippen LogP contribution in [0.4, 0.5) is 13.2 Å². The summed E-state index contributed by atoms with van der Waals surface area (Å²) in [5, 5.41) is 8.95. The summed E-state index contributed by atoms with van der Waals surface area (Å²) < 4.78 is 33.3. The lowest BCUT2D eigenvalue weighted by atomic mass is 10.6. The second kappa shape index (κ2) is 2.67. The summed E-state index contributed by atoms with van der Waals surface area (Å²) in [6.45, 7) is -1.00. The molecule has 0 radical (unpaired) electrons. The third-order valence-corrected chi connectivity index (χ3v) is 0.497. The van der Waals surface area contributed by atoms with Crippen molar-refractivity contribution in [2.24, 2.45) is 0 Å². The Morgan fingerprint density at radius 3 is 2.11 bits per heavy atom.